The van der Waals surface area contributed by atoms with Gasteiger partial charge in [-0.2, -0.15) is 0 Å². The molecule has 0 heterocycles. The number of hydrogen-bond donors (Lipinski definition) is 1. The molecule has 0 fully saturated rings. The maximum absolute atomic E-state index is 12.0. The molecule has 2 aromatic carbocycles. The van der Waals surface area contributed by atoms with Gasteiger partial charge in [0.1, 0.15) is 5.75 Å². The van der Waals surface area contributed by atoms with Gasteiger partial charge in [-0.1, -0.05) is 54.6 Å². The van der Waals surface area contributed by atoms with E-state index in [9.17, 15) is 9.59 Å². The lowest BCUT2D eigenvalue weighted by atomic mass is 10.2. The second kappa shape index (κ2) is 9.30. The number of amides is 1. The third-order valence-corrected chi connectivity index (χ3v) is 3.43. The molecule has 0 atom stereocenters. The molecule has 124 valence electrons. The SMILES string of the molecule is C/C(=C/CCC(=O)Oc1ccccc1)C(=O)NCc1ccccc1. The van der Waals surface area contributed by atoms with Gasteiger partial charge in [0.25, 0.3) is 0 Å². The van der Waals surface area contributed by atoms with Crippen molar-refractivity contribution in [3.63, 3.8) is 0 Å². The fourth-order valence-electron chi connectivity index (χ4n) is 2.09. The Balaban J connectivity index is 1.72. The van der Waals surface area contributed by atoms with Crippen LogP contribution in [0.3, 0.4) is 0 Å². The Labute approximate surface area is 142 Å². The van der Waals surface area contributed by atoms with Gasteiger partial charge in [-0.25, -0.2) is 0 Å². The summed E-state index contributed by atoms with van der Waals surface area (Å²) in [6.45, 7) is 2.23. The van der Waals surface area contributed by atoms with Crippen LogP contribution >= 0.6 is 0 Å². The number of esters is 1. The molecule has 0 aliphatic carbocycles. The Bertz CT molecular complexity index is 693. The minimum Gasteiger partial charge on any atom is -0.427 e. The van der Waals surface area contributed by atoms with E-state index in [-0.39, 0.29) is 18.3 Å². The predicted octanol–water partition coefficient (Wildman–Crippen LogP) is 3.63. The largest absolute Gasteiger partial charge is 0.427 e. The summed E-state index contributed by atoms with van der Waals surface area (Å²) in [4.78, 5) is 23.7. The third-order valence-electron chi connectivity index (χ3n) is 3.43. The molecule has 2 aromatic rings. The number of hydrogen-bond acceptors (Lipinski definition) is 3. The molecule has 0 saturated heterocycles. The Morgan fingerprint density at radius 2 is 1.62 bits per heavy atom. The topological polar surface area (TPSA) is 55.4 Å². The van der Waals surface area contributed by atoms with Crippen LogP contribution in [0.15, 0.2) is 72.3 Å². The van der Waals surface area contributed by atoms with Gasteiger partial charge < -0.3 is 10.1 Å². The molecule has 1 amide bonds. The van der Waals surface area contributed by atoms with Crippen molar-refractivity contribution in [2.75, 3.05) is 0 Å². The molecule has 0 aliphatic rings. The van der Waals surface area contributed by atoms with E-state index in [2.05, 4.69) is 5.32 Å². The minimum atomic E-state index is -0.310. The zero-order valence-corrected chi connectivity index (χ0v) is 13.7. The van der Waals surface area contributed by atoms with Gasteiger partial charge in [-0.3, -0.25) is 9.59 Å². The summed E-state index contributed by atoms with van der Waals surface area (Å²) in [5.41, 5.74) is 1.64. The number of allylic oxidation sites excluding steroid dienone is 1. The lowest BCUT2D eigenvalue weighted by Gasteiger charge is -2.06. The second-order valence-corrected chi connectivity index (χ2v) is 5.38. The van der Waals surface area contributed by atoms with E-state index in [0.717, 1.165) is 5.56 Å². The summed E-state index contributed by atoms with van der Waals surface area (Å²) in [6.07, 6.45) is 2.46. The molecular weight excluding hydrogens is 302 g/mol. The molecule has 24 heavy (non-hydrogen) atoms. The first-order chi connectivity index (χ1) is 11.6. The number of nitrogens with one attached hydrogen (secondary N) is 1. The van der Waals surface area contributed by atoms with Gasteiger partial charge in [-0.15, -0.1) is 0 Å². The highest BCUT2D eigenvalue weighted by Gasteiger charge is 2.06. The van der Waals surface area contributed by atoms with Crippen molar-refractivity contribution in [1.29, 1.82) is 0 Å². The van der Waals surface area contributed by atoms with E-state index in [1.807, 2.05) is 48.5 Å². The van der Waals surface area contributed by atoms with Crippen LogP contribution in [0.5, 0.6) is 5.75 Å². The van der Waals surface area contributed by atoms with Gasteiger partial charge in [-0.05, 0) is 31.0 Å². The van der Waals surface area contributed by atoms with Crippen LogP contribution in [0.4, 0.5) is 0 Å². The van der Waals surface area contributed by atoms with Crippen molar-refractivity contribution < 1.29 is 14.3 Å². The highest BCUT2D eigenvalue weighted by atomic mass is 16.5. The van der Waals surface area contributed by atoms with Gasteiger partial charge in [0.2, 0.25) is 5.91 Å². The van der Waals surface area contributed by atoms with Crippen LogP contribution in [0.1, 0.15) is 25.3 Å². The van der Waals surface area contributed by atoms with Crippen LogP contribution in [0, 0.1) is 0 Å². The number of carbonyl (C=O) groups is 2. The van der Waals surface area contributed by atoms with Crippen molar-refractivity contribution in [1.82, 2.24) is 5.32 Å². The first kappa shape index (κ1) is 17.5. The normalized spacial score (nSPS) is 11.0. The monoisotopic (exact) mass is 323 g/mol. The predicted molar refractivity (Wildman–Crippen MR) is 93.4 cm³/mol. The first-order valence-corrected chi connectivity index (χ1v) is 7.90. The fourth-order valence-corrected chi connectivity index (χ4v) is 2.09. The Morgan fingerprint density at radius 3 is 2.29 bits per heavy atom. The van der Waals surface area contributed by atoms with Crippen LogP contribution in [0.25, 0.3) is 0 Å². The molecule has 0 unspecified atom stereocenters. The first-order valence-electron chi connectivity index (χ1n) is 7.90. The van der Waals surface area contributed by atoms with E-state index in [4.69, 9.17) is 4.74 Å². The van der Waals surface area contributed by atoms with Crippen molar-refractivity contribution in [3.05, 3.63) is 77.9 Å². The molecule has 0 spiro atoms. The van der Waals surface area contributed by atoms with Gasteiger partial charge in [0.15, 0.2) is 0 Å². The average Bonchev–Trinajstić information content (AvgIpc) is 2.61. The lowest BCUT2D eigenvalue weighted by Crippen LogP contribution is -2.23. The molecule has 0 aliphatic heterocycles. The van der Waals surface area contributed by atoms with Crippen LogP contribution < -0.4 is 10.1 Å². The maximum atomic E-state index is 12.0. The van der Waals surface area contributed by atoms with Crippen molar-refractivity contribution >= 4 is 11.9 Å². The lowest BCUT2D eigenvalue weighted by molar-refractivity contribution is -0.134. The van der Waals surface area contributed by atoms with Crippen LogP contribution in [-0.4, -0.2) is 11.9 Å². The Kier molecular flexibility index (Phi) is 6.77. The zero-order valence-electron chi connectivity index (χ0n) is 13.7. The number of carbonyl (C=O) groups excluding carboxylic acids is 2. The fraction of sp³-hybridized carbons (Fsp3) is 0.200. The molecule has 4 nitrogen and oxygen atoms in total. The second-order valence-electron chi connectivity index (χ2n) is 5.38. The molecule has 4 heteroatoms. The van der Waals surface area contributed by atoms with E-state index in [0.29, 0.717) is 24.3 Å². The summed E-state index contributed by atoms with van der Waals surface area (Å²) in [5, 5.41) is 2.85. The molecule has 0 radical (unpaired) electrons. The molecular formula is C20H21NO3. The molecule has 1 N–H and O–H groups in total. The smallest absolute Gasteiger partial charge is 0.311 e. The Hall–Kier alpha value is -2.88. The summed E-state index contributed by atoms with van der Waals surface area (Å²) in [5.74, 6) is 0.0917. The number of ether oxygens (including phenoxy) is 1. The molecule has 2 rings (SSSR count). The van der Waals surface area contributed by atoms with E-state index in [1.165, 1.54) is 0 Å². The minimum absolute atomic E-state index is 0.129. The van der Waals surface area contributed by atoms with E-state index >= 15 is 0 Å². The zero-order chi connectivity index (χ0) is 17.2. The molecule has 0 saturated carbocycles. The highest BCUT2D eigenvalue weighted by Crippen LogP contribution is 2.10. The maximum Gasteiger partial charge on any atom is 0.311 e. The molecule has 0 aromatic heterocycles. The summed E-state index contributed by atoms with van der Waals surface area (Å²) in [6, 6.07) is 18.7. The van der Waals surface area contributed by atoms with Gasteiger partial charge >= 0.3 is 5.97 Å². The van der Waals surface area contributed by atoms with Crippen LogP contribution in [-0.2, 0) is 16.1 Å². The van der Waals surface area contributed by atoms with Crippen molar-refractivity contribution in [2.45, 2.75) is 26.3 Å². The third kappa shape index (κ3) is 6.08. The van der Waals surface area contributed by atoms with Crippen LogP contribution in [0.2, 0.25) is 0 Å². The number of para-hydroxylation sites is 1. The summed E-state index contributed by atoms with van der Waals surface area (Å²) >= 11 is 0. The summed E-state index contributed by atoms with van der Waals surface area (Å²) < 4.78 is 5.19. The highest BCUT2D eigenvalue weighted by molar-refractivity contribution is 5.92. The number of rotatable bonds is 7. The standard InChI is InChI=1S/C20H21NO3/c1-16(20(23)21-15-17-10-4-2-5-11-17)9-8-14-19(22)24-18-12-6-3-7-13-18/h2-7,9-13H,8,14-15H2,1H3,(H,21,23)/b16-9-. The summed E-state index contributed by atoms with van der Waals surface area (Å²) in [7, 11) is 0. The number of benzene rings is 2. The van der Waals surface area contributed by atoms with Crippen molar-refractivity contribution in [3.8, 4) is 5.75 Å². The van der Waals surface area contributed by atoms with Gasteiger partial charge in [0, 0.05) is 18.5 Å². The van der Waals surface area contributed by atoms with Gasteiger partial charge in [0.05, 0.1) is 0 Å². The van der Waals surface area contributed by atoms with Crippen molar-refractivity contribution in [2.24, 2.45) is 0 Å². The van der Waals surface area contributed by atoms with E-state index in [1.54, 1.807) is 25.1 Å². The molecule has 0 bridgehead atoms. The quantitative estimate of drug-likeness (QED) is 0.481. The Morgan fingerprint density at radius 1 is 1.00 bits per heavy atom. The van der Waals surface area contributed by atoms with E-state index < -0.39 is 0 Å². The average molecular weight is 323 g/mol.